The zero-order valence-electron chi connectivity index (χ0n) is 12.5. The predicted octanol–water partition coefficient (Wildman–Crippen LogP) is 5.74. The van der Waals surface area contributed by atoms with Crippen molar-refractivity contribution in [2.45, 2.75) is 0 Å². The predicted molar refractivity (Wildman–Crippen MR) is 97.1 cm³/mol. The lowest BCUT2D eigenvalue weighted by Crippen LogP contribution is -1.93. The van der Waals surface area contributed by atoms with Crippen molar-refractivity contribution in [1.82, 2.24) is 4.57 Å². The van der Waals surface area contributed by atoms with Crippen LogP contribution in [0.4, 0.5) is 0 Å². The number of para-hydroxylation sites is 2. The van der Waals surface area contributed by atoms with Crippen LogP contribution in [0.15, 0.2) is 84.9 Å². The summed E-state index contributed by atoms with van der Waals surface area (Å²) in [5.41, 5.74) is 3.53. The molecule has 107 valence electrons. The summed E-state index contributed by atoms with van der Waals surface area (Å²) >= 11 is 0. The van der Waals surface area contributed by atoms with E-state index in [4.69, 9.17) is 0 Å². The Hall–Kier alpha value is -3.06. The molecule has 0 bridgehead atoms. The fourth-order valence-corrected chi connectivity index (χ4v) is 3.43. The van der Waals surface area contributed by atoms with Crippen LogP contribution in [0.2, 0.25) is 0 Å². The zero-order chi connectivity index (χ0) is 15.2. The number of benzene rings is 4. The van der Waals surface area contributed by atoms with Gasteiger partial charge in [0.1, 0.15) is 0 Å². The van der Waals surface area contributed by atoms with Crippen LogP contribution >= 0.6 is 0 Å². The molecule has 0 spiro atoms. The molecule has 1 radical (unpaired) electrons. The van der Waals surface area contributed by atoms with Crippen molar-refractivity contribution in [3.63, 3.8) is 0 Å². The van der Waals surface area contributed by atoms with E-state index in [1.165, 1.54) is 32.7 Å². The molecule has 0 N–H and O–H groups in total. The van der Waals surface area contributed by atoms with Crippen LogP contribution in [0.1, 0.15) is 0 Å². The number of fused-ring (bicyclic) bond motifs is 4. The average Bonchev–Trinajstić information content (AvgIpc) is 2.96. The fraction of sp³-hybridized carbons (Fsp3) is 0. The average molecular weight is 292 g/mol. The van der Waals surface area contributed by atoms with Gasteiger partial charge >= 0.3 is 0 Å². The first-order valence-corrected chi connectivity index (χ1v) is 7.81. The molecule has 0 fully saturated rings. The SMILES string of the molecule is [c]1cccc2c3ccccc3n(-c3ccc4ccccc4c3)c12. The molecule has 0 aliphatic heterocycles. The Balaban J connectivity index is 1.93. The van der Waals surface area contributed by atoms with Crippen molar-refractivity contribution in [2.75, 3.05) is 0 Å². The summed E-state index contributed by atoms with van der Waals surface area (Å²) in [6.45, 7) is 0. The van der Waals surface area contributed by atoms with Gasteiger partial charge in [-0.3, -0.25) is 0 Å². The second-order valence-electron chi connectivity index (χ2n) is 5.82. The van der Waals surface area contributed by atoms with Crippen molar-refractivity contribution >= 4 is 32.6 Å². The van der Waals surface area contributed by atoms with Gasteiger partial charge in [-0.15, -0.1) is 0 Å². The van der Waals surface area contributed by atoms with Gasteiger partial charge in [-0.2, -0.15) is 0 Å². The van der Waals surface area contributed by atoms with Gasteiger partial charge < -0.3 is 4.57 Å². The van der Waals surface area contributed by atoms with Crippen LogP contribution in [-0.4, -0.2) is 4.57 Å². The molecule has 1 heterocycles. The molecule has 4 aromatic carbocycles. The van der Waals surface area contributed by atoms with E-state index in [-0.39, 0.29) is 0 Å². The third-order valence-electron chi connectivity index (χ3n) is 4.48. The number of hydrogen-bond acceptors (Lipinski definition) is 0. The van der Waals surface area contributed by atoms with Crippen LogP contribution in [0.5, 0.6) is 0 Å². The molecule has 0 aliphatic carbocycles. The molecule has 0 aliphatic rings. The Bertz CT molecular complexity index is 1110. The maximum absolute atomic E-state index is 3.42. The Morgan fingerprint density at radius 1 is 0.652 bits per heavy atom. The van der Waals surface area contributed by atoms with Crippen LogP contribution in [0.3, 0.4) is 0 Å². The van der Waals surface area contributed by atoms with Gasteiger partial charge in [0.15, 0.2) is 0 Å². The number of rotatable bonds is 1. The third-order valence-corrected chi connectivity index (χ3v) is 4.48. The second-order valence-corrected chi connectivity index (χ2v) is 5.82. The summed E-state index contributed by atoms with van der Waals surface area (Å²) in [7, 11) is 0. The van der Waals surface area contributed by atoms with Crippen LogP contribution < -0.4 is 0 Å². The monoisotopic (exact) mass is 292 g/mol. The Morgan fingerprint density at radius 2 is 1.43 bits per heavy atom. The lowest BCUT2D eigenvalue weighted by molar-refractivity contribution is 1.18. The summed E-state index contributed by atoms with van der Waals surface area (Å²) < 4.78 is 2.30. The lowest BCUT2D eigenvalue weighted by Gasteiger charge is -2.09. The molecule has 23 heavy (non-hydrogen) atoms. The summed E-state index contributed by atoms with van der Waals surface area (Å²) in [6, 6.07) is 33.3. The van der Waals surface area contributed by atoms with E-state index in [1.54, 1.807) is 0 Å². The first kappa shape index (κ1) is 12.5. The largest absolute Gasteiger partial charge is 0.309 e. The van der Waals surface area contributed by atoms with Crippen molar-refractivity contribution in [1.29, 1.82) is 0 Å². The van der Waals surface area contributed by atoms with Gasteiger partial charge in [0, 0.05) is 22.5 Å². The Morgan fingerprint density at radius 3 is 2.39 bits per heavy atom. The van der Waals surface area contributed by atoms with Gasteiger partial charge in [-0.1, -0.05) is 66.7 Å². The lowest BCUT2D eigenvalue weighted by atomic mass is 10.1. The van der Waals surface area contributed by atoms with E-state index >= 15 is 0 Å². The minimum atomic E-state index is 1.13. The quantitative estimate of drug-likeness (QED) is 0.371. The second kappa shape index (κ2) is 4.72. The van der Waals surface area contributed by atoms with Gasteiger partial charge in [-0.05, 0) is 29.0 Å². The molecule has 5 rings (SSSR count). The molecule has 5 aromatic rings. The number of nitrogens with zero attached hydrogens (tertiary/aromatic N) is 1. The van der Waals surface area contributed by atoms with Crippen LogP contribution in [0.25, 0.3) is 38.3 Å². The molecule has 0 saturated heterocycles. The summed E-state index contributed by atoms with van der Waals surface area (Å²) in [5.74, 6) is 0. The van der Waals surface area contributed by atoms with Crippen molar-refractivity contribution in [3.8, 4) is 5.69 Å². The van der Waals surface area contributed by atoms with Crippen molar-refractivity contribution in [3.05, 3.63) is 91.0 Å². The minimum Gasteiger partial charge on any atom is -0.309 e. The van der Waals surface area contributed by atoms with Gasteiger partial charge in [0.25, 0.3) is 0 Å². The highest BCUT2D eigenvalue weighted by atomic mass is 15.0. The molecule has 0 unspecified atom stereocenters. The van der Waals surface area contributed by atoms with Gasteiger partial charge in [0.2, 0.25) is 0 Å². The minimum absolute atomic E-state index is 1.13. The highest BCUT2D eigenvalue weighted by Crippen LogP contribution is 2.32. The maximum Gasteiger partial charge on any atom is 0.0620 e. The van der Waals surface area contributed by atoms with Crippen LogP contribution in [-0.2, 0) is 0 Å². The maximum atomic E-state index is 3.42. The highest BCUT2D eigenvalue weighted by molar-refractivity contribution is 6.09. The highest BCUT2D eigenvalue weighted by Gasteiger charge is 2.11. The normalized spacial score (nSPS) is 11.5. The fourth-order valence-electron chi connectivity index (χ4n) is 3.43. The van der Waals surface area contributed by atoms with Crippen molar-refractivity contribution < 1.29 is 0 Å². The summed E-state index contributed by atoms with van der Waals surface area (Å²) in [4.78, 5) is 0. The Labute approximate surface area is 134 Å². The number of hydrogen-bond donors (Lipinski definition) is 0. The first-order valence-electron chi connectivity index (χ1n) is 7.81. The summed E-state index contributed by atoms with van der Waals surface area (Å²) in [5, 5.41) is 5.04. The van der Waals surface area contributed by atoms with Crippen molar-refractivity contribution in [2.24, 2.45) is 0 Å². The molecule has 1 nitrogen and oxygen atoms in total. The molecule has 1 aromatic heterocycles. The zero-order valence-corrected chi connectivity index (χ0v) is 12.5. The standard InChI is InChI=1S/C22H14N/c1-2-8-17-15-18(14-13-16(17)7-1)23-21-11-5-3-9-19(21)20-10-4-6-12-22(20)23/h1-11,13-15H. The van der Waals surface area contributed by atoms with Gasteiger partial charge in [-0.25, -0.2) is 0 Å². The van der Waals surface area contributed by atoms with Crippen LogP contribution in [0, 0.1) is 6.07 Å². The third kappa shape index (κ3) is 1.80. The molecule has 0 amide bonds. The van der Waals surface area contributed by atoms with E-state index in [1.807, 2.05) is 6.07 Å². The smallest absolute Gasteiger partial charge is 0.0620 e. The first-order chi connectivity index (χ1) is 11.4. The molecule has 0 atom stereocenters. The molecular formula is C22H14N. The van der Waals surface area contributed by atoms with Gasteiger partial charge in [0.05, 0.1) is 11.0 Å². The Kier molecular flexibility index (Phi) is 2.56. The molecule has 1 heteroatoms. The van der Waals surface area contributed by atoms with E-state index in [0.29, 0.717) is 0 Å². The molecular weight excluding hydrogens is 278 g/mol. The topological polar surface area (TPSA) is 4.93 Å². The van der Waals surface area contributed by atoms with E-state index in [2.05, 4.69) is 89.5 Å². The summed E-state index contributed by atoms with van der Waals surface area (Å²) in [6.07, 6.45) is 0. The van der Waals surface area contributed by atoms with E-state index in [0.717, 1.165) is 5.52 Å². The number of aromatic nitrogens is 1. The van der Waals surface area contributed by atoms with E-state index in [9.17, 15) is 0 Å². The molecule has 0 saturated carbocycles. The van der Waals surface area contributed by atoms with E-state index < -0.39 is 0 Å².